The van der Waals surface area contributed by atoms with E-state index in [0.717, 1.165) is 48.9 Å². The molecule has 4 nitrogen and oxygen atoms in total. The molecule has 3 saturated heterocycles. The average molecular weight is 351 g/mol. The Hall–Kier alpha value is -1.91. The van der Waals surface area contributed by atoms with Gasteiger partial charge in [-0.05, 0) is 38.2 Å². The Morgan fingerprint density at radius 2 is 1.85 bits per heavy atom. The van der Waals surface area contributed by atoms with Gasteiger partial charge in [-0.3, -0.25) is 14.6 Å². The zero-order valence-electron chi connectivity index (χ0n) is 15.9. The zero-order chi connectivity index (χ0) is 18.1. The van der Waals surface area contributed by atoms with Crippen molar-refractivity contribution in [3.8, 4) is 0 Å². The molecule has 26 heavy (non-hydrogen) atoms. The number of nitrogens with zero attached hydrogens (tertiary/aromatic N) is 2. The van der Waals surface area contributed by atoms with Crippen molar-refractivity contribution in [2.45, 2.75) is 45.8 Å². The monoisotopic (exact) mass is 351 g/mol. The highest BCUT2D eigenvalue weighted by Crippen LogP contribution is 2.29. The Bertz CT molecular complexity index is 814. The molecule has 1 N–H and O–H groups in total. The number of nitrogens with one attached hydrogen (secondary N) is 1. The van der Waals surface area contributed by atoms with Crippen molar-refractivity contribution in [2.75, 3.05) is 19.6 Å². The van der Waals surface area contributed by atoms with Crippen LogP contribution in [0.3, 0.4) is 0 Å². The van der Waals surface area contributed by atoms with E-state index < -0.39 is 0 Å². The molecule has 3 aliphatic rings. The Kier molecular flexibility index (Phi) is 4.96. The second-order valence-electron chi connectivity index (χ2n) is 8.11. The van der Waals surface area contributed by atoms with E-state index in [0.29, 0.717) is 6.04 Å². The number of rotatable bonds is 4. The molecule has 0 spiro atoms. The van der Waals surface area contributed by atoms with Gasteiger partial charge >= 0.3 is 0 Å². The van der Waals surface area contributed by atoms with Gasteiger partial charge in [0.25, 0.3) is 0 Å². The Morgan fingerprint density at radius 1 is 1.04 bits per heavy atom. The first kappa shape index (κ1) is 17.5. The molecule has 2 bridgehead atoms. The molecule has 0 aliphatic carbocycles. The fourth-order valence-electron chi connectivity index (χ4n) is 4.61. The molecule has 2 atom stereocenters. The summed E-state index contributed by atoms with van der Waals surface area (Å²) >= 11 is 0. The van der Waals surface area contributed by atoms with Crippen molar-refractivity contribution in [2.24, 2.45) is 5.92 Å². The number of aromatic nitrogens is 1. The highest BCUT2D eigenvalue weighted by Gasteiger charge is 2.34. The fourth-order valence-corrected chi connectivity index (χ4v) is 4.61. The second-order valence-corrected chi connectivity index (χ2v) is 8.11. The summed E-state index contributed by atoms with van der Waals surface area (Å²) in [5.74, 6) is 0.731. The highest BCUT2D eigenvalue weighted by molar-refractivity contribution is 5.23. The number of aryl methyl sites for hydroxylation is 1. The highest BCUT2D eigenvalue weighted by atomic mass is 16.1. The van der Waals surface area contributed by atoms with Crippen LogP contribution in [-0.4, -0.2) is 40.5 Å². The van der Waals surface area contributed by atoms with Crippen LogP contribution in [0.5, 0.6) is 0 Å². The van der Waals surface area contributed by atoms with Crippen molar-refractivity contribution < 1.29 is 0 Å². The van der Waals surface area contributed by atoms with Crippen LogP contribution in [0.4, 0.5) is 0 Å². The first-order valence-corrected chi connectivity index (χ1v) is 9.78. The van der Waals surface area contributed by atoms with Crippen molar-refractivity contribution >= 4 is 0 Å². The lowest BCUT2D eigenvalue weighted by Gasteiger charge is -2.36. The van der Waals surface area contributed by atoms with Crippen molar-refractivity contribution in [1.29, 1.82) is 0 Å². The van der Waals surface area contributed by atoms with E-state index in [-0.39, 0.29) is 5.43 Å². The fraction of sp³-hybridized carbons (Fsp3) is 0.500. The van der Waals surface area contributed by atoms with E-state index in [2.05, 4.69) is 45.1 Å². The molecule has 3 fully saturated rings. The van der Waals surface area contributed by atoms with Crippen LogP contribution in [0.25, 0.3) is 0 Å². The Labute approximate surface area is 155 Å². The molecule has 0 amide bonds. The van der Waals surface area contributed by atoms with Crippen molar-refractivity contribution in [1.82, 2.24) is 14.8 Å². The number of fused-ring (bicyclic) bond motifs is 4. The third kappa shape index (κ3) is 3.62. The number of H-pyrrole nitrogens is 1. The predicted octanol–water partition coefficient (Wildman–Crippen LogP) is 3.09. The third-order valence-corrected chi connectivity index (χ3v) is 6.13. The van der Waals surface area contributed by atoms with Gasteiger partial charge in [0.2, 0.25) is 0 Å². The summed E-state index contributed by atoms with van der Waals surface area (Å²) in [6.45, 7) is 9.16. The molecule has 0 radical (unpaired) electrons. The molecule has 3 aliphatic heterocycles. The Morgan fingerprint density at radius 3 is 2.65 bits per heavy atom. The van der Waals surface area contributed by atoms with Gasteiger partial charge in [0.15, 0.2) is 5.43 Å². The molecule has 0 saturated carbocycles. The summed E-state index contributed by atoms with van der Waals surface area (Å²) in [5, 5.41) is 0. The predicted molar refractivity (Wildman–Crippen MR) is 105 cm³/mol. The van der Waals surface area contributed by atoms with Crippen LogP contribution >= 0.6 is 0 Å². The normalized spacial score (nSPS) is 23.9. The number of pyridine rings is 1. The summed E-state index contributed by atoms with van der Waals surface area (Å²) in [6.07, 6.45) is 4.48. The molecular formula is C22H29N3O. The summed E-state index contributed by atoms with van der Waals surface area (Å²) in [4.78, 5) is 20.8. The SMILES string of the molecule is Cc1c[nH]c(CN2C[C@@H]3CC[C@H](C2)N(Cc2ccccc2)C3)c(C)c1=O. The first-order valence-electron chi connectivity index (χ1n) is 9.78. The smallest absolute Gasteiger partial charge is 0.187 e. The number of hydrogen-bond donors (Lipinski definition) is 1. The quantitative estimate of drug-likeness (QED) is 0.920. The minimum absolute atomic E-state index is 0.183. The standard InChI is InChI=1S/C22H29N3O/c1-16-10-23-21(17(2)22(16)26)15-24-11-19-8-9-20(14-24)25(13-19)12-18-6-4-3-5-7-18/h3-7,10,19-20H,8-9,11-15H2,1-2H3,(H,23,26)/t19-,20+/m0/s1. The minimum atomic E-state index is 0.183. The molecule has 4 heterocycles. The summed E-state index contributed by atoms with van der Waals surface area (Å²) in [5.41, 5.74) is 4.35. The van der Waals surface area contributed by atoms with E-state index in [1.807, 2.05) is 20.0 Å². The van der Waals surface area contributed by atoms with Crippen LogP contribution < -0.4 is 5.43 Å². The van der Waals surface area contributed by atoms with Gasteiger partial charge in [-0.25, -0.2) is 0 Å². The van der Waals surface area contributed by atoms with Crippen molar-refractivity contribution in [3.05, 3.63) is 69.1 Å². The summed E-state index contributed by atoms with van der Waals surface area (Å²) in [7, 11) is 0. The molecular weight excluding hydrogens is 322 g/mol. The van der Waals surface area contributed by atoms with Gasteiger partial charge in [-0.1, -0.05) is 30.3 Å². The van der Waals surface area contributed by atoms with Gasteiger partial charge in [-0.15, -0.1) is 0 Å². The number of hydrogen-bond acceptors (Lipinski definition) is 3. The van der Waals surface area contributed by atoms with Crippen LogP contribution in [-0.2, 0) is 13.1 Å². The molecule has 2 aromatic rings. The summed E-state index contributed by atoms with van der Waals surface area (Å²) in [6, 6.07) is 11.4. The molecule has 4 heteroatoms. The maximum atomic E-state index is 12.2. The molecule has 1 aromatic heterocycles. The lowest BCUT2D eigenvalue weighted by Crippen LogP contribution is -2.43. The minimum Gasteiger partial charge on any atom is -0.363 e. The van der Waals surface area contributed by atoms with E-state index in [1.54, 1.807) is 0 Å². The van der Waals surface area contributed by atoms with Gasteiger partial charge in [0.05, 0.1) is 0 Å². The van der Waals surface area contributed by atoms with Crippen LogP contribution in [0.1, 0.15) is 35.2 Å². The lowest BCUT2D eigenvalue weighted by molar-refractivity contribution is 0.123. The topological polar surface area (TPSA) is 39.3 Å². The van der Waals surface area contributed by atoms with Crippen molar-refractivity contribution in [3.63, 3.8) is 0 Å². The van der Waals surface area contributed by atoms with Crippen LogP contribution in [0.15, 0.2) is 41.3 Å². The molecule has 1 aromatic carbocycles. The molecule has 0 unspecified atom stereocenters. The third-order valence-electron chi connectivity index (χ3n) is 6.13. The summed E-state index contributed by atoms with van der Waals surface area (Å²) < 4.78 is 0. The van der Waals surface area contributed by atoms with Crippen LogP contribution in [0, 0.1) is 19.8 Å². The van der Waals surface area contributed by atoms with Gasteiger partial charge in [-0.2, -0.15) is 0 Å². The van der Waals surface area contributed by atoms with Gasteiger partial charge < -0.3 is 4.98 Å². The zero-order valence-corrected chi connectivity index (χ0v) is 15.9. The van der Waals surface area contributed by atoms with E-state index in [4.69, 9.17) is 0 Å². The van der Waals surface area contributed by atoms with E-state index in [9.17, 15) is 4.79 Å². The van der Waals surface area contributed by atoms with E-state index in [1.165, 1.54) is 24.9 Å². The molecule has 138 valence electrons. The average Bonchev–Trinajstić information content (AvgIpc) is 2.94. The maximum Gasteiger partial charge on any atom is 0.187 e. The number of aromatic amines is 1. The Balaban J connectivity index is 1.48. The number of piperidine rings is 1. The first-order chi connectivity index (χ1) is 12.6. The van der Waals surface area contributed by atoms with Gasteiger partial charge in [0.1, 0.15) is 0 Å². The van der Waals surface area contributed by atoms with Gasteiger partial charge in [0, 0.05) is 61.8 Å². The second kappa shape index (κ2) is 7.37. The molecule has 5 rings (SSSR count). The van der Waals surface area contributed by atoms with Crippen LogP contribution in [0.2, 0.25) is 0 Å². The largest absolute Gasteiger partial charge is 0.363 e. The lowest BCUT2D eigenvalue weighted by atomic mass is 9.94. The van der Waals surface area contributed by atoms with E-state index >= 15 is 0 Å². The maximum absolute atomic E-state index is 12.2. The number of benzene rings is 1.